The van der Waals surface area contributed by atoms with Gasteiger partial charge in [0.05, 0.1) is 5.37 Å². The second-order valence-corrected chi connectivity index (χ2v) is 8.59. The van der Waals surface area contributed by atoms with Crippen LogP contribution in [0.25, 0.3) is 0 Å². The zero-order valence-corrected chi connectivity index (χ0v) is 15.1. The molecule has 0 bridgehead atoms. The lowest BCUT2D eigenvalue weighted by Crippen LogP contribution is -2.43. The SMILES string of the molecule is CCC1(C)C(C)C(SC)NCC(C)C1C1CCCCC1. The van der Waals surface area contributed by atoms with Crippen molar-refractivity contribution in [2.45, 2.75) is 71.6 Å². The number of thioether (sulfide) groups is 1. The molecule has 2 aliphatic rings. The van der Waals surface area contributed by atoms with Crippen LogP contribution in [0, 0.1) is 29.1 Å². The van der Waals surface area contributed by atoms with Gasteiger partial charge >= 0.3 is 0 Å². The molecule has 1 nitrogen and oxygen atoms in total. The summed E-state index contributed by atoms with van der Waals surface area (Å²) in [7, 11) is 0. The van der Waals surface area contributed by atoms with Crippen LogP contribution in [0.1, 0.15) is 66.2 Å². The van der Waals surface area contributed by atoms with Crippen LogP contribution in [0.2, 0.25) is 0 Å². The normalized spacial score (nSPS) is 44.2. The van der Waals surface area contributed by atoms with Crippen LogP contribution in [-0.2, 0) is 0 Å². The lowest BCUT2D eigenvalue weighted by molar-refractivity contribution is 0.0150. The topological polar surface area (TPSA) is 12.0 Å². The Hall–Kier alpha value is 0.310. The van der Waals surface area contributed by atoms with Gasteiger partial charge in [0.1, 0.15) is 0 Å². The van der Waals surface area contributed by atoms with Crippen LogP contribution < -0.4 is 5.32 Å². The Balaban J connectivity index is 2.28. The van der Waals surface area contributed by atoms with Crippen LogP contribution in [0.4, 0.5) is 0 Å². The maximum absolute atomic E-state index is 3.85. The smallest absolute Gasteiger partial charge is 0.0560 e. The number of rotatable bonds is 3. The predicted octanol–water partition coefficient (Wildman–Crippen LogP) is 5.16. The fourth-order valence-corrected chi connectivity index (χ4v) is 6.23. The fourth-order valence-electron chi connectivity index (χ4n) is 5.25. The molecular formula is C18H35NS. The van der Waals surface area contributed by atoms with Crippen molar-refractivity contribution < 1.29 is 0 Å². The summed E-state index contributed by atoms with van der Waals surface area (Å²) in [4.78, 5) is 0. The Kier molecular flexibility index (Phi) is 5.88. The molecule has 5 atom stereocenters. The van der Waals surface area contributed by atoms with E-state index in [2.05, 4.69) is 39.3 Å². The molecule has 2 heteroatoms. The highest BCUT2D eigenvalue weighted by Gasteiger charge is 2.48. The largest absolute Gasteiger partial charge is 0.305 e. The van der Waals surface area contributed by atoms with Gasteiger partial charge in [0.2, 0.25) is 0 Å². The Morgan fingerprint density at radius 1 is 1.15 bits per heavy atom. The van der Waals surface area contributed by atoms with E-state index < -0.39 is 0 Å². The van der Waals surface area contributed by atoms with Crippen LogP contribution in [0.15, 0.2) is 0 Å². The van der Waals surface area contributed by atoms with Gasteiger partial charge in [0, 0.05) is 0 Å². The monoisotopic (exact) mass is 297 g/mol. The van der Waals surface area contributed by atoms with E-state index in [9.17, 15) is 0 Å². The first-order valence-electron chi connectivity index (χ1n) is 8.80. The zero-order valence-electron chi connectivity index (χ0n) is 14.2. The summed E-state index contributed by atoms with van der Waals surface area (Å²) in [5.41, 5.74) is 0.499. The quantitative estimate of drug-likeness (QED) is 0.772. The molecule has 1 saturated heterocycles. The van der Waals surface area contributed by atoms with Crippen LogP contribution in [-0.4, -0.2) is 18.2 Å². The zero-order chi connectivity index (χ0) is 14.8. The standard InChI is InChI=1S/C18H35NS/c1-6-18(4)14(3)17(20-5)19-12-13(2)16(18)15-10-8-7-9-11-15/h13-17,19H,6-12H2,1-5H3. The van der Waals surface area contributed by atoms with Gasteiger partial charge in [-0.1, -0.05) is 66.2 Å². The van der Waals surface area contributed by atoms with Gasteiger partial charge in [-0.2, -0.15) is 0 Å². The molecule has 1 saturated carbocycles. The first-order chi connectivity index (χ1) is 9.54. The lowest BCUT2D eigenvalue weighted by atomic mass is 9.57. The van der Waals surface area contributed by atoms with Crippen molar-refractivity contribution in [1.82, 2.24) is 5.32 Å². The molecule has 5 unspecified atom stereocenters. The van der Waals surface area contributed by atoms with E-state index in [-0.39, 0.29) is 0 Å². The molecule has 118 valence electrons. The Morgan fingerprint density at radius 2 is 1.80 bits per heavy atom. The highest BCUT2D eigenvalue weighted by molar-refractivity contribution is 7.99. The maximum atomic E-state index is 3.85. The van der Waals surface area contributed by atoms with E-state index in [1.54, 1.807) is 0 Å². The van der Waals surface area contributed by atoms with Crippen molar-refractivity contribution in [3.8, 4) is 0 Å². The van der Waals surface area contributed by atoms with Crippen molar-refractivity contribution in [1.29, 1.82) is 0 Å². The van der Waals surface area contributed by atoms with E-state index >= 15 is 0 Å². The summed E-state index contributed by atoms with van der Waals surface area (Å²) >= 11 is 2.02. The third-order valence-electron chi connectivity index (χ3n) is 6.68. The summed E-state index contributed by atoms with van der Waals surface area (Å²) in [5, 5.41) is 4.49. The number of nitrogens with one attached hydrogen (secondary N) is 1. The molecule has 0 aromatic heterocycles. The van der Waals surface area contributed by atoms with Crippen molar-refractivity contribution in [3.63, 3.8) is 0 Å². The Labute approximate surface area is 131 Å². The van der Waals surface area contributed by atoms with E-state index in [1.807, 2.05) is 11.8 Å². The molecule has 1 aliphatic carbocycles. The van der Waals surface area contributed by atoms with Gasteiger partial charge < -0.3 is 5.32 Å². The number of hydrogen-bond donors (Lipinski definition) is 1. The molecule has 1 N–H and O–H groups in total. The molecule has 2 fully saturated rings. The van der Waals surface area contributed by atoms with Crippen molar-refractivity contribution in [2.24, 2.45) is 29.1 Å². The third-order valence-corrected chi connectivity index (χ3v) is 7.77. The van der Waals surface area contributed by atoms with Crippen molar-refractivity contribution in [2.75, 3.05) is 12.8 Å². The molecule has 0 radical (unpaired) electrons. The summed E-state index contributed by atoms with van der Waals surface area (Å²) < 4.78 is 0. The molecule has 1 heterocycles. The molecule has 0 amide bonds. The minimum atomic E-state index is 0.499. The van der Waals surface area contributed by atoms with Crippen LogP contribution in [0.5, 0.6) is 0 Å². The minimum absolute atomic E-state index is 0.499. The second kappa shape index (κ2) is 7.05. The van der Waals surface area contributed by atoms with E-state index in [0.29, 0.717) is 10.8 Å². The summed E-state index contributed by atoms with van der Waals surface area (Å²) in [6, 6.07) is 0. The average Bonchev–Trinajstić information content (AvgIpc) is 2.57. The summed E-state index contributed by atoms with van der Waals surface area (Å²) in [6.07, 6.45) is 11.0. The second-order valence-electron chi connectivity index (χ2n) is 7.61. The molecule has 20 heavy (non-hydrogen) atoms. The molecule has 0 aromatic carbocycles. The van der Waals surface area contributed by atoms with Gasteiger partial charge in [0.25, 0.3) is 0 Å². The van der Waals surface area contributed by atoms with Gasteiger partial charge in [-0.05, 0) is 41.9 Å². The highest BCUT2D eigenvalue weighted by atomic mass is 32.2. The lowest BCUT2D eigenvalue weighted by Gasteiger charge is -2.48. The Bertz CT molecular complexity index is 300. The molecule has 0 aromatic rings. The third kappa shape index (κ3) is 3.06. The average molecular weight is 298 g/mol. The molecule has 1 aliphatic heterocycles. The first-order valence-corrected chi connectivity index (χ1v) is 10.1. The minimum Gasteiger partial charge on any atom is -0.305 e. The van der Waals surface area contributed by atoms with Crippen LogP contribution in [0.3, 0.4) is 0 Å². The number of hydrogen-bond acceptors (Lipinski definition) is 2. The highest BCUT2D eigenvalue weighted by Crippen LogP contribution is 2.52. The van der Waals surface area contributed by atoms with E-state index in [0.717, 1.165) is 23.7 Å². The molecule has 0 spiro atoms. The van der Waals surface area contributed by atoms with Gasteiger partial charge in [-0.3, -0.25) is 0 Å². The molecular weight excluding hydrogens is 262 g/mol. The van der Waals surface area contributed by atoms with Gasteiger partial charge in [0.15, 0.2) is 0 Å². The van der Waals surface area contributed by atoms with Gasteiger partial charge in [-0.15, -0.1) is 11.8 Å². The predicted molar refractivity (Wildman–Crippen MR) is 92.1 cm³/mol. The van der Waals surface area contributed by atoms with Crippen molar-refractivity contribution in [3.05, 3.63) is 0 Å². The summed E-state index contributed by atoms with van der Waals surface area (Å²) in [5.74, 6) is 3.48. The molecule has 2 rings (SSSR count). The Morgan fingerprint density at radius 3 is 2.35 bits per heavy atom. The first kappa shape index (κ1) is 16.7. The van der Waals surface area contributed by atoms with Crippen molar-refractivity contribution >= 4 is 11.8 Å². The van der Waals surface area contributed by atoms with Crippen LogP contribution >= 0.6 is 11.8 Å². The van der Waals surface area contributed by atoms with E-state index in [4.69, 9.17) is 0 Å². The van der Waals surface area contributed by atoms with Gasteiger partial charge in [-0.25, -0.2) is 0 Å². The maximum Gasteiger partial charge on any atom is 0.0560 e. The summed E-state index contributed by atoms with van der Waals surface area (Å²) in [6.45, 7) is 11.3. The fraction of sp³-hybridized carbons (Fsp3) is 1.00. The van der Waals surface area contributed by atoms with E-state index in [1.165, 1.54) is 45.1 Å².